The number of halogens is 1. The Bertz CT molecular complexity index is 694. The third kappa shape index (κ3) is 8.82. The molecule has 31 heavy (non-hydrogen) atoms. The molecule has 1 saturated heterocycles. The minimum Gasteiger partial charge on any atom is -0.444 e. The molecule has 0 atom stereocenters. The summed E-state index contributed by atoms with van der Waals surface area (Å²) in [5, 5.41) is 11.6. The molecule has 0 bridgehead atoms. The minimum absolute atomic E-state index is 0. The highest BCUT2D eigenvalue weighted by Crippen LogP contribution is 2.20. The SMILES string of the molecule is CCc1nncn1CCNC(=NC)N1CCC(CN(CC)C(=O)OC(C)(C)C)CC1.I. The third-order valence-electron chi connectivity index (χ3n) is 5.29. The van der Waals surface area contributed by atoms with Crippen molar-refractivity contribution >= 4 is 36.0 Å². The van der Waals surface area contributed by atoms with Gasteiger partial charge in [-0.05, 0) is 46.5 Å². The molecule has 0 unspecified atom stereocenters. The number of aromatic nitrogens is 3. The Kier molecular flexibility index (Phi) is 11.6. The molecule has 9 nitrogen and oxygen atoms in total. The molecule has 1 aromatic heterocycles. The van der Waals surface area contributed by atoms with Gasteiger partial charge in [-0.15, -0.1) is 34.2 Å². The second-order valence-electron chi connectivity index (χ2n) is 8.72. The van der Waals surface area contributed by atoms with Crippen LogP contribution in [0.4, 0.5) is 4.79 Å². The molecule has 178 valence electrons. The summed E-state index contributed by atoms with van der Waals surface area (Å²) >= 11 is 0. The fourth-order valence-corrected chi connectivity index (χ4v) is 3.66. The van der Waals surface area contributed by atoms with Gasteiger partial charge in [-0.1, -0.05) is 6.92 Å². The maximum Gasteiger partial charge on any atom is 0.410 e. The zero-order chi connectivity index (χ0) is 22.1. The zero-order valence-corrected chi connectivity index (χ0v) is 22.3. The number of amides is 1. The van der Waals surface area contributed by atoms with E-state index < -0.39 is 5.60 Å². The van der Waals surface area contributed by atoms with Gasteiger partial charge in [-0.3, -0.25) is 4.99 Å². The first-order valence-corrected chi connectivity index (χ1v) is 11.1. The lowest BCUT2D eigenvalue weighted by Crippen LogP contribution is -2.48. The normalized spacial score (nSPS) is 15.4. The lowest BCUT2D eigenvalue weighted by atomic mass is 9.96. The number of guanidine groups is 1. The highest BCUT2D eigenvalue weighted by molar-refractivity contribution is 14.0. The largest absolute Gasteiger partial charge is 0.444 e. The quantitative estimate of drug-likeness (QED) is 0.320. The van der Waals surface area contributed by atoms with Crippen molar-refractivity contribution < 1.29 is 9.53 Å². The Morgan fingerprint density at radius 2 is 2.00 bits per heavy atom. The zero-order valence-electron chi connectivity index (χ0n) is 19.9. The van der Waals surface area contributed by atoms with Crippen LogP contribution in [0, 0.1) is 5.92 Å². The van der Waals surface area contributed by atoms with Gasteiger partial charge in [0.25, 0.3) is 0 Å². The van der Waals surface area contributed by atoms with E-state index >= 15 is 0 Å². The Labute approximate surface area is 204 Å². The number of carbonyl (C=O) groups is 1. The van der Waals surface area contributed by atoms with Crippen molar-refractivity contribution in [3.8, 4) is 0 Å². The van der Waals surface area contributed by atoms with Crippen LogP contribution in [0.1, 0.15) is 53.3 Å². The van der Waals surface area contributed by atoms with Crippen LogP contribution in [0.25, 0.3) is 0 Å². The Morgan fingerprint density at radius 3 is 2.55 bits per heavy atom. The van der Waals surface area contributed by atoms with Crippen LogP contribution >= 0.6 is 24.0 Å². The number of nitrogens with one attached hydrogen (secondary N) is 1. The van der Waals surface area contributed by atoms with Crippen molar-refractivity contribution in [2.75, 3.05) is 39.8 Å². The number of piperidine rings is 1. The summed E-state index contributed by atoms with van der Waals surface area (Å²) in [5.41, 5.74) is -0.462. The molecule has 0 aliphatic carbocycles. The Morgan fingerprint density at radius 1 is 1.32 bits per heavy atom. The van der Waals surface area contributed by atoms with E-state index in [2.05, 4.69) is 36.9 Å². The number of hydrogen-bond donors (Lipinski definition) is 1. The van der Waals surface area contributed by atoms with Crippen LogP contribution in [0.5, 0.6) is 0 Å². The molecule has 0 spiro atoms. The molecule has 0 aromatic carbocycles. The molecule has 1 aliphatic rings. The molecule has 0 saturated carbocycles. The average molecular weight is 550 g/mol. The van der Waals surface area contributed by atoms with Crippen molar-refractivity contribution in [2.45, 2.75) is 66.0 Å². The van der Waals surface area contributed by atoms with Crippen LogP contribution in [-0.4, -0.2) is 82.0 Å². The predicted molar refractivity (Wildman–Crippen MR) is 134 cm³/mol. The summed E-state index contributed by atoms with van der Waals surface area (Å²) in [7, 11) is 1.83. The Hall–Kier alpha value is -1.59. The summed E-state index contributed by atoms with van der Waals surface area (Å²) in [6, 6.07) is 0. The van der Waals surface area contributed by atoms with E-state index in [4.69, 9.17) is 4.74 Å². The molecule has 0 radical (unpaired) electrons. The molecule has 1 N–H and O–H groups in total. The van der Waals surface area contributed by atoms with Gasteiger partial charge in [0, 0.05) is 52.7 Å². The second-order valence-corrected chi connectivity index (χ2v) is 8.72. The summed E-state index contributed by atoms with van der Waals surface area (Å²) in [6.45, 7) is 14.7. The number of likely N-dealkylation sites (tertiary alicyclic amines) is 1. The van der Waals surface area contributed by atoms with Crippen LogP contribution < -0.4 is 5.32 Å². The van der Waals surface area contributed by atoms with Gasteiger partial charge < -0.3 is 24.4 Å². The topological polar surface area (TPSA) is 87.9 Å². The number of nitrogens with zero attached hydrogens (tertiary/aromatic N) is 6. The van der Waals surface area contributed by atoms with Gasteiger partial charge in [0.05, 0.1) is 0 Å². The molecule has 1 aromatic rings. The van der Waals surface area contributed by atoms with Crippen molar-refractivity contribution in [3.63, 3.8) is 0 Å². The first-order valence-electron chi connectivity index (χ1n) is 11.1. The maximum atomic E-state index is 12.4. The first kappa shape index (κ1) is 27.4. The smallest absolute Gasteiger partial charge is 0.410 e. The van der Waals surface area contributed by atoms with Gasteiger partial charge in [0.2, 0.25) is 0 Å². The monoisotopic (exact) mass is 549 g/mol. The number of rotatable bonds is 7. The number of aliphatic imine (C=N–C) groups is 1. The molecule has 1 aliphatic heterocycles. The van der Waals surface area contributed by atoms with Crippen LogP contribution in [0.2, 0.25) is 0 Å². The average Bonchev–Trinajstić information content (AvgIpc) is 3.16. The molecule has 1 fully saturated rings. The summed E-state index contributed by atoms with van der Waals surface area (Å²) in [6.07, 6.45) is 4.50. The maximum absolute atomic E-state index is 12.4. The molecule has 2 rings (SSSR count). The first-order chi connectivity index (χ1) is 14.3. The van der Waals surface area contributed by atoms with E-state index in [1.807, 2.05) is 39.6 Å². The molecule has 10 heteroatoms. The number of ether oxygens (including phenoxy) is 1. The van der Waals surface area contributed by atoms with Crippen molar-refractivity contribution in [1.29, 1.82) is 0 Å². The number of carbonyl (C=O) groups excluding carboxylic acids is 1. The van der Waals surface area contributed by atoms with Crippen LogP contribution in [0.3, 0.4) is 0 Å². The van der Waals surface area contributed by atoms with Gasteiger partial charge in [-0.2, -0.15) is 0 Å². The van der Waals surface area contributed by atoms with Gasteiger partial charge in [-0.25, -0.2) is 4.79 Å². The van der Waals surface area contributed by atoms with Crippen molar-refractivity contribution in [3.05, 3.63) is 12.2 Å². The summed E-state index contributed by atoms with van der Waals surface area (Å²) in [4.78, 5) is 21.0. The number of aryl methyl sites for hydroxylation is 1. The van der Waals surface area contributed by atoms with E-state index in [0.29, 0.717) is 12.5 Å². The second kappa shape index (κ2) is 13.1. The van der Waals surface area contributed by atoms with E-state index in [-0.39, 0.29) is 30.1 Å². The van der Waals surface area contributed by atoms with Gasteiger partial charge >= 0.3 is 6.09 Å². The minimum atomic E-state index is -0.462. The van der Waals surface area contributed by atoms with E-state index in [1.165, 1.54) is 0 Å². The van der Waals surface area contributed by atoms with Gasteiger partial charge in [0.15, 0.2) is 5.96 Å². The van der Waals surface area contributed by atoms with Crippen molar-refractivity contribution in [2.24, 2.45) is 10.9 Å². The Balaban J connectivity index is 0.00000480. The van der Waals surface area contributed by atoms with Gasteiger partial charge in [0.1, 0.15) is 17.8 Å². The van der Waals surface area contributed by atoms with E-state index in [0.717, 1.165) is 63.8 Å². The predicted octanol–water partition coefficient (Wildman–Crippen LogP) is 3.00. The molecular weight excluding hydrogens is 509 g/mol. The highest BCUT2D eigenvalue weighted by Gasteiger charge is 2.27. The van der Waals surface area contributed by atoms with E-state index in [9.17, 15) is 4.79 Å². The standard InChI is InChI=1S/C21H39N7O2.HI/c1-7-18-25-24-16-28(18)14-11-23-19(22-6)27-12-9-17(10-13-27)15-26(8-2)20(29)30-21(3,4)5;/h16-17H,7-15H2,1-6H3,(H,22,23);1H. The lowest BCUT2D eigenvalue weighted by Gasteiger charge is -2.36. The summed E-state index contributed by atoms with van der Waals surface area (Å²) < 4.78 is 7.61. The number of hydrogen-bond acceptors (Lipinski definition) is 5. The highest BCUT2D eigenvalue weighted by atomic mass is 127. The van der Waals surface area contributed by atoms with Crippen LogP contribution in [-0.2, 0) is 17.7 Å². The molecular formula is C21H40IN7O2. The van der Waals surface area contributed by atoms with E-state index in [1.54, 1.807) is 6.33 Å². The fraction of sp³-hybridized carbons (Fsp3) is 0.810. The van der Waals surface area contributed by atoms with Crippen molar-refractivity contribution in [1.82, 2.24) is 29.9 Å². The third-order valence-corrected chi connectivity index (χ3v) is 5.29. The molecule has 1 amide bonds. The van der Waals surface area contributed by atoms with Crippen LogP contribution in [0.15, 0.2) is 11.3 Å². The summed E-state index contributed by atoms with van der Waals surface area (Å²) in [5.74, 6) is 2.41. The fourth-order valence-electron chi connectivity index (χ4n) is 3.66. The molecule has 2 heterocycles. The lowest BCUT2D eigenvalue weighted by molar-refractivity contribution is 0.0214.